The summed E-state index contributed by atoms with van der Waals surface area (Å²) in [6.07, 6.45) is 1.79. The number of benzene rings is 1. The molecule has 2 nitrogen and oxygen atoms in total. The molecule has 0 bridgehead atoms. The van der Waals surface area contributed by atoms with Crippen molar-refractivity contribution in [3.63, 3.8) is 0 Å². The highest BCUT2D eigenvalue weighted by molar-refractivity contribution is 6.43. The van der Waals surface area contributed by atoms with Crippen molar-refractivity contribution in [2.24, 2.45) is 4.99 Å². The summed E-state index contributed by atoms with van der Waals surface area (Å²) >= 11 is 11.9. The maximum Gasteiger partial charge on any atom is 0.0896 e. The topological polar surface area (TPSA) is 15.6 Å². The Bertz CT molecular complexity index is 349. The molecule has 0 aliphatic carbocycles. The van der Waals surface area contributed by atoms with Crippen molar-refractivity contribution < 1.29 is 0 Å². The summed E-state index contributed by atoms with van der Waals surface area (Å²) in [6, 6.07) is 5.60. The van der Waals surface area contributed by atoms with Crippen molar-refractivity contribution in [3.8, 4) is 0 Å². The first-order valence-electron chi connectivity index (χ1n) is 3.99. The first-order valence-corrected chi connectivity index (χ1v) is 4.75. The van der Waals surface area contributed by atoms with Crippen LogP contribution in [0.15, 0.2) is 23.2 Å². The Balaban J connectivity index is 2.39. The van der Waals surface area contributed by atoms with Gasteiger partial charge in [-0.1, -0.05) is 29.3 Å². The number of nitrogens with zero attached hydrogens (tertiary/aromatic N) is 2. The van der Waals surface area contributed by atoms with Gasteiger partial charge in [0.1, 0.15) is 0 Å². The zero-order valence-corrected chi connectivity index (χ0v) is 8.39. The van der Waals surface area contributed by atoms with Gasteiger partial charge in [0.25, 0.3) is 0 Å². The van der Waals surface area contributed by atoms with Crippen molar-refractivity contribution in [1.29, 1.82) is 0 Å². The van der Waals surface area contributed by atoms with E-state index in [-0.39, 0.29) is 0 Å². The summed E-state index contributed by atoms with van der Waals surface area (Å²) in [5, 5.41) is 1.18. The van der Waals surface area contributed by atoms with E-state index in [1.807, 2.05) is 17.0 Å². The Morgan fingerprint density at radius 2 is 2.15 bits per heavy atom. The smallest absolute Gasteiger partial charge is 0.0896 e. The van der Waals surface area contributed by atoms with E-state index in [0.29, 0.717) is 10.0 Å². The summed E-state index contributed by atoms with van der Waals surface area (Å²) < 4.78 is 0. The van der Waals surface area contributed by atoms with Gasteiger partial charge in [0.05, 0.1) is 28.6 Å². The van der Waals surface area contributed by atoms with E-state index < -0.39 is 0 Å². The fourth-order valence-electron chi connectivity index (χ4n) is 1.28. The number of rotatable bonds is 1. The van der Waals surface area contributed by atoms with E-state index in [4.69, 9.17) is 23.2 Å². The fraction of sp³-hybridized carbons (Fsp3) is 0.222. The van der Waals surface area contributed by atoms with Gasteiger partial charge in [0.2, 0.25) is 0 Å². The average Bonchev–Trinajstić information content (AvgIpc) is 2.62. The lowest BCUT2D eigenvalue weighted by molar-refractivity contribution is 1.02. The molecule has 4 heteroatoms. The third kappa shape index (κ3) is 1.64. The van der Waals surface area contributed by atoms with Gasteiger partial charge in [-0.25, -0.2) is 0 Å². The predicted octanol–water partition coefficient (Wildman–Crippen LogP) is 2.84. The van der Waals surface area contributed by atoms with E-state index in [1.165, 1.54) is 0 Å². The Morgan fingerprint density at radius 1 is 1.31 bits per heavy atom. The van der Waals surface area contributed by atoms with Gasteiger partial charge in [0.15, 0.2) is 0 Å². The summed E-state index contributed by atoms with van der Waals surface area (Å²) in [4.78, 5) is 6.11. The third-order valence-electron chi connectivity index (χ3n) is 1.93. The molecule has 1 aliphatic rings. The monoisotopic (exact) mass is 214 g/mol. The lowest BCUT2D eigenvalue weighted by Gasteiger charge is -2.15. The van der Waals surface area contributed by atoms with Crippen LogP contribution in [0.1, 0.15) is 0 Å². The van der Waals surface area contributed by atoms with Crippen molar-refractivity contribution >= 4 is 35.2 Å². The summed E-state index contributed by atoms with van der Waals surface area (Å²) in [5.41, 5.74) is 0.926. The van der Waals surface area contributed by atoms with Crippen LogP contribution in [-0.2, 0) is 0 Å². The average molecular weight is 215 g/mol. The van der Waals surface area contributed by atoms with Crippen LogP contribution in [-0.4, -0.2) is 19.4 Å². The molecule has 13 heavy (non-hydrogen) atoms. The van der Waals surface area contributed by atoms with Gasteiger partial charge < -0.3 is 4.90 Å². The molecule has 1 aromatic carbocycles. The van der Waals surface area contributed by atoms with Gasteiger partial charge in [-0.05, 0) is 12.1 Å². The molecule has 0 atom stereocenters. The minimum atomic E-state index is 0.583. The number of hydrogen-bond acceptors (Lipinski definition) is 2. The SMILES string of the molecule is Clc1cccc(N2C=NCC2)c1Cl. The molecular formula is C9H8Cl2N2. The Kier molecular flexibility index (Phi) is 2.42. The second-order valence-electron chi connectivity index (χ2n) is 2.79. The second kappa shape index (κ2) is 3.56. The normalized spacial score (nSPS) is 15.4. The quantitative estimate of drug-likeness (QED) is 0.703. The fourth-order valence-corrected chi connectivity index (χ4v) is 1.68. The zero-order valence-electron chi connectivity index (χ0n) is 6.87. The highest BCUT2D eigenvalue weighted by Gasteiger charge is 2.12. The molecule has 0 fully saturated rings. The summed E-state index contributed by atoms with van der Waals surface area (Å²) in [7, 11) is 0. The third-order valence-corrected chi connectivity index (χ3v) is 2.74. The molecule has 0 N–H and O–H groups in total. The minimum absolute atomic E-state index is 0.583. The van der Waals surface area contributed by atoms with Crippen LogP contribution in [0.3, 0.4) is 0 Å². The van der Waals surface area contributed by atoms with E-state index >= 15 is 0 Å². The molecule has 0 aromatic heterocycles. The maximum atomic E-state index is 6.04. The largest absolute Gasteiger partial charge is 0.330 e. The van der Waals surface area contributed by atoms with Gasteiger partial charge >= 0.3 is 0 Å². The second-order valence-corrected chi connectivity index (χ2v) is 3.57. The van der Waals surface area contributed by atoms with Crippen LogP contribution in [0.2, 0.25) is 10.0 Å². The van der Waals surface area contributed by atoms with Crippen molar-refractivity contribution in [2.45, 2.75) is 0 Å². The van der Waals surface area contributed by atoms with E-state index in [1.54, 1.807) is 12.4 Å². The summed E-state index contributed by atoms with van der Waals surface area (Å²) in [6.45, 7) is 1.70. The first kappa shape index (κ1) is 8.85. The maximum absolute atomic E-state index is 6.04. The molecule has 0 amide bonds. The Labute approximate surface area is 86.8 Å². The molecule has 68 valence electrons. The van der Waals surface area contributed by atoms with Crippen LogP contribution in [0, 0.1) is 0 Å². The highest BCUT2D eigenvalue weighted by Crippen LogP contribution is 2.32. The number of anilines is 1. The molecule has 1 aromatic rings. The molecule has 0 radical (unpaired) electrons. The lowest BCUT2D eigenvalue weighted by atomic mass is 10.3. The highest BCUT2D eigenvalue weighted by atomic mass is 35.5. The van der Waals surface area contributed by atoms with Gasteiger partial charge in [-0.15, -0.1) is 0 Å². The van der Waals surface area contributed by atoms with E-state index in [0.717, 1.165) is 18.8 Å². The summed E-state index contributed by atoms with van der Waals surface area (Å²) in [5.74, 6) is 0. The van der Waals surface area contributed by atoms with Crippen LogP contribution < -0.4 is 4.90 Å². The van der Waals surface area contributed by atoms with Crippen molar-refractivity contribution in [1.82, 2.24) is 0 Å². The van der Waals surface area contributed by atoms with E-state index in [2.05, 4.69) is 4.99 Å². The number of halogens is 2. The molecule has 0 saturated heterocycles. The predicted molar refractivity (Wildman–Crippen MR) is 57.2 cm³/mol. The van der Waals surface area contributed by atoms with Gasteiger partial charge in [-0.2, -0.15) is 0 Å². The molecule has 0 unspecified atom stereocenters. The van der Waals surface area contributed by atoms with Gasteiger partial charge in [0, 0.05) is 6.54 Å². The Morgan fingerprint density at radius 3 is 2.85 bits per heavy atom. The van der Waals surface area contributed by atoms with Crippen LogP contribution in [0.25, 0.3) is 0 Å². The number of hydrogen-bond donors (Lipinski definition) is 0. The van der Waals surface area contributed by atoms with Gasteiger partial charge in [-0.3, -0.25) is 4.99 Å². The molecule has 0 saturated carbocycles. The lowest BCUT2D eigenvalue weighted by Crippen LogP contribution is -2.18. The molecule has 2 rings (SSSR count). The van der Waals surface area contributed by atoms with Crippen molar-refractivity contribution in [3.05, 3.63) is 28.2 Å². The van der Waals surface area contributed by atoms with Crippen molar-refractivity contribution in [2.75, 3.05) is 18.0 Å². The first-order chi connectivity index (χ1) is 6.29. The van der Waals surface area contributed by atoms with Crippen LogP contribution >= 0.6 is 23.2 Å². The standard InChI is InChI=1S/C9H8Cl2N2/c10-7-2-1-3-8(9(7)11)13-5-4-12-6-13/h1-3,6H,4-5H2. The molecular weight excluding hydrogens is 207 g/mol. The number of aliphatic imine (C=N–C) groups is 1. The van der Waals surface area contributed by atoms with Crippen LogP contribution in [0.5, 0.6) is 0 Å². The molecule has 1 heterocycles. The Hall–Kier alpha value is -0.730. The molecule has 0 spiro atoms. The van der Waals surface area contributed by atoms with E-state index in [9.17, 15) is 0 Å². The van der Waals surface area contributed by atoms with Crippen LogP contribution in [0.4, 0.5) is 5.69 Å². The minimum Gasteiger partial charge on any atom is -0.330 e. The molecule has 1 aliphatic heterocycles. The zero-order chi connectivity index (χ0) is 9.26.